The largest absolute Gasteiger partial charge is 0.478 e. The van der Waals surface area contributed by atoms with Crippen LogP contribution in [0, 0.1) is 0 Å². The second kappa shape index (κ2) is 6.46. The van der Waals surface area contributed by atoms with E-state index in [2.05, 4.69) is 0 Å². The molecular weight excluding hydrogens is 386 g/mol. The minimum Gasteiger partial charge on any atom is -0.478 e. The fraction of sp³-hybridized carbons (Fsp3) is 0.167. The van der Waals surface area contributed by atoms with Crippen molar-refractivity contribution < 1.29 is 14.7 Å². The lowest BCUT2D eigenvalue weighted by Gasteiger charge is -2.19. The van der Waals surface area contributed by atoms with Crippen molar-refractivity contribution in [2.24, 2.45) is 0 Å². The summed E-state index contributed by atoms with van der Waals surface area (Å²) in [5.41, 5.74) is 3.58. The van der Waals surface area contributed by atoms with Crippen molar-refractivity contribution in [2.45, 2.75) is 24.3 Å². The number of carbonyl (C=O) groups excluding carboxylic acids is 1. The van der Waals surface area contributed by atoms with Crippen LogP contribution in [0.3, 0.4) is 0 Å². The van der Waals surface area contributed by atoms with Crippen molar-refractivity contribution in [1.82, 2.24) is 0 Å². The Morgan fingerprint density at radius 3 is 2.59 bits per heavy atom. The standard InChI is InChI=1S/C24H18ClNO3/c25-18-10-8-16(9-11-18)20-13-24(20)19-6-1-2-7-21(19)26(23(24)29)14-15-4-3-5-17(12-15)22(27)28/h1-12,20H,13-14H2,(H,27,28). The monoisotopic (exact) mass is 403 g/mol. The van der Waals surface area contributed by atoms with Crippen molar-refractivity contribution in [1.29, 1.82) is 0 Å². The number of carboxylic acid groups (broad SMARTS) is 1. The van der Waals surface area contributed by atoms with Gasteiger partial charge in [0, 0.05) is 16.6 Å². The average molecular weight is 404 g/mol. The summed E-state index contributed by atoms with van der Waals surface area (Å²) in [5, 5.41) is 9.95. The van der Waals surface area contributed by atoms with Gasteiger partial charge in [-0.2, -0.15) is 0 Å². The molecule has 0 radical (unpaired) electrons. The fourth-order valence-corrected chi connectivity index (χ4v) is 4.71. The molecule has 1 heterocycles. The molecule has 2 atom stereocenters. The first-order valence-corrected chi connectivity index (χ1v) is 9.88. The van der Waals surface area contributed by atoms with E-state index in [1.165, 1.54) is 0 Å². The molecule has 2 aliphatic rings. The van der Waals surface area contributed by atoms with E-state index in [1.807, 2.05) is 54.6 Å². The van der Waals surface area contributed by atoms with Crippen molar-refractivity contribution in [3.63, 3.8) is 0 Å². The first-order chi connectivity index (χ1) is 14.0. The molecule has 29 heavy (non-hydrogen) atoms. The number of fused-ring (bicyclic) bond motifs is 2. The van der Waals surface area contributed by atoms with E-state index < -0.39 is 11.4 Å². The van der Waals surface area contributed by atoms with Gasteiger partial charge in [0.2, 0.25) is 5.91 Å². The first kappa shape index (κ1) is 18.0. The number of carboxylic acids is 1. The zero-order valence-corrected chi connectivity index (χ0v) is 16.3. The van der Waals surface area contributed by atoms with Gasteiger partial charge in [0.25, 0.3) is 0 Å². The van der Waals surface area contributed by atoms with E-state index in [9.17, 15) is 14.7 Å². The minimum absolute atomic E-state index is 0.0828. The number of aromatic carboxylic acids is 1. The van der Waals surface area contributed by atoms with Crippen molar-refractivity contribution in [3.8, 4) is 0 Å². The summed E-state index contributed by atoms with van der Waals surface area (Å²) in [6.45, 7) is 0.353. The number of hydrogen-bond acceptors (Lipinski definition) is 2. The highest BCUT2D eigenvalue weighted by atomic mass is 35.5. The van der Waals surface area contributed by atoms with Gasteiger partial charge in [-0.25, -0.2) is 4.79 Å². The van der Waals surface area contributed by atoms with E-state index in [4.69, 9.17) is 11.6 Å². The third kappa shape index (κ3) is 2.75. The maximum absolute atomic E-state index is 13.6. The van der Waals surface area contributed by atoms with Crippen LogP contribution in [0.15, 0.2) is 72.8 Å². The fourth-order valence-electron chi connectivity index (χ4n) is 4.59. The lowest BCUT2D eigenvalue weighted by molar-refractivity contribution is -0.120. The van der Waals surface area contributed by atoms with E-state index in [0.29, 0.717) is 11.6 Å². The van der Waals surface area contributed by atoms with Crippen molar-refractivity contribution >= 4 is 29.2 Å². The van der Waals surface area contributed by atoms with Gasteiger partial charge in [-0.05, 0) is 53.4 Å². The van der Waals surface area contributed by atoms with Crippen LogP contribution in [0.5, 0.6) is 0 Å². The lowest BCUT2D eigenvalue weighted by Crippen LogP contribution is -2.32. The third-order valence-electron chi connectivity index (χ3n) is 6.05. The maximum atomic E-state index is 13.6. The van der Waals surface area contributed by atoms with E-state index in [0.717, 1.165) is 28.8 Å². The molecule has 1 saturated carbocycles. The summed E-state index contributed by atoms with van der Waals surface area (Å²) < 4.78 is 0. The Labute approximate surface area is 173 Å². The van der Waals surface area contributed by atoms with Crippen molar-refractivity contribution in [3.05, 3.63) is 100 Å². The Hall–Kier alpha value is -3.11. The second-order valence-corrected chi connectivity index (χ2v) is 8.13. The van der Waals surface area contributed by atoms with Crippen LogP contribution in [0.1, 0.15) is 39.4 Å². The number of nitrogens with zero attached hydrogens (tertiary/aromatic N) is 1. The van der Waals surface area contributed by atoms with Crippen LogP contribution in [-0.4, -0.2) is 17.0 Å². The van der Waals surface area contributed by atoms with Crippen LogP contribution in [-0.2, 0) is 16.8 Å². The number of amides is 1. The number of carbonyl (C=O) groups is 2. The first-order valence-electron chi connectivity index (χ1n) is 9.50. The number of anilines is 1. The lowest BCUT2D eigenvalue weighted by atomic mass is 9.92. The van der Waals surface area contributed by atoms with Crippen LogP contribution < -0.4 is 4.90 Å². The maximum Gasteiger partial charge on any atom is 0.335 e. The normalized spacial score (nSPS) is 22.0. The average Bonchev–Trinajstić information content (AvgIpc) is 3.44. The van der Waals surface area contributed by atoms with E-state index >= 15 is 0 Å². The van der Waals surface area contributed by atoms with Gasteiger partial charge in [-0.3, -0.25) is 4.79 Å². The van der Waals surface area contributed by atoms with Gasteiger partial charge in [-0.15, -0.1) is 0 Å². The predicted molar refractivity (Wildman–Crippen MR) is 112 cm³/mol. The van der Waals surface area contributed by atoms with Gasteiger partial charge in [0.15, 0.2) is 0 Å². The van der Waals surface area contributed by atoms with Crippen LogP contribution in [0.2, 0.25) is 5.02 Å². The highest BCUT2D eigenvalue weighted by Crippen LogP contribution is 2.66. The molecule has 2 unspecified atom stereocenters. The smallest absolute Gasteiger partial charge is 0.335 e. The Kier molecular flexibility index (Phi) is 4.00. The Morgan fingerprint density at radius 2 is 1.83 bits per heavy atom. The third-order valence-corrected chi connectivity index (χ3v) is 6.30. The zero-order valence-electron chi connectivity index (χ0n) is 15.5. The summed E-state index contributed by atoms with van der Waals surface area (Å²) in [6, 6.07) is 22.4. The highest BCUT2D eigenvalue weighted by Gasteiger charge is 2.66. The molecule has 5 rings (SSSR count). The van der Waals surface area contributed by atoms with Gasteiger partial charge >= 0.3 is 5.97 Å². The quantitative estimate of drug-likeness (QED) is 0.666. The summed E-state index contributed by atoms with van der Waals surface area (Å²) >= 11 is 6.03. The molecule has 1 amide bonds. The molecule has 1 spiro atoms. The number of benzene rings is 3. The van der Waals surface area contributed by atoms with Crippen LogP contribution >= 0.6 is 11.6 Å². The van der Waals surface area contributed by atoms with Gasteiger partial charge in [-0.1, -0.05) is 54.1 Å². The molecule has 0 saturated heterocycles. The summed E-state index contributed by atoms with van der Waals surface area (Å²) in [7, 11) is 0. The predicted octanol–water partition coefficient (Wildman–Crippen LogP) is 5.01. The molecule has 1 aliphatic carbocycles. The summed E-state index contributed by atoms with van der Waals surface area (Å²) in [5.74, 6) is -0.760. The SMILES string of the molecule is O=C(O)c1cccc(CN2C(=O)C3(CC3c3ccc(Cl)cc3)c3ccccc32)c1. The molecular formula is C24H18ClNO3. The van der Waals surface area contributed by atoms with Crippen LogP contribution in [0.25, 0.3) is 0 Å². The summed E-state index contributed by atoms with van der Waals surface area (Å²) in [4.78, 5) is 26.7. The van der Waals surface area contributed by atoms with E-state index in [-0.39, 0.29) is 17.4 Å². The Morgan fingerprint density at radius 1 is 1.07 bits per heavy atom. The Bertz CT molecular complexity index is 1140. The highest BCUT2D eigenvalue weighted by molar-refractivity contribution is 6.30. The molecule has 4 nitrogen and oxygen atoms in total. The summed E-state index contributed by atoms with van der Waals surface area (Å²) in [6.07, 6.45) is 0.774. The van der Waals surface area contributed by atoms with Gasteiger partial charge < -0.3 is 10.0 Å². The number of halogens is 1. The Balaban J connectivity index is 1.51. The molecule has 1 aliphatic heterocycles. The molecule has 0 aromatic heterocycles. The number of hydrogen-bond donors (Lipinski definition) is 1. The zero-order chi connectivity index (χ0) is 20.2. The van der Waals surface area contributed by atoms with Crippen molar-refractivity contribution in [2.75, 3.05) is 4.90 Å². The van der Waals surface area contributed by atoms with Crippen LogP contribution in [0.4, 0.5) is 5.69 Å². The molecule has 0 bridgehead atoms. The van der Waals surface area contributed by atoms with Gasteiger partial charge in [0.1, 0.15) is 0 Å². The number of rotatable bonds is 4. The van der Waals surface area contributed by atoms with E-state index in [1.54, 1.807) is 23.1 Å². The number of para-hydroxylation sites is 1. The second-order valence-electron chi connectivity index (χ2n) is 7.69. The molecule has 3 aromatic rings. The molecule has 1 N–H and O–H groups in total. The van der Waals surface area contributed by atoms with Gasteiger partial charge in [0.05, 0.1) is 17.5 Å². The topological polar surface area (TPSA) is 57.6 Å². The molecule has 144 valence electrons. The molecule has 1 fully saturated rings. The molecule has 5 heteroatoms. The minimum atomic E-state index is -0.971. The molecule has 3 aromatic carbocycles.